The minimum absolute atomic E-state index is 1.06. The molecule has 78 valence electrons. The average Bonchev–Trinajstić information content (AvgIpc) is 2.52. The summed E-state index contributed by atoms with van der Waals surface area (Å²) >= 11 is 0. The van der Waals surface area contributed by atoms with Crippen molar-refractivity contribution in [3.05, 3.63) is 18.2 Å². The van der Waals surface area contributed by atoms with Crippen LogP contribution in [0.4, 0.5) is 0 Å². The summed E-state index contributed by atoms with van der Waals surface area (Å²) in [5.74, 6) is 1.33. The summed E-state index contributed by atoms with van der Waals surface area (Å²) in [4.78, 5) is 2.54. The Kier molecular flexibility index (Phi) is 2.87. The molecule has 0 radical (unpaired) electrons. The van der Waals surface area contributed by atoms with Gasteiger partial charge in [0.05, 0.1) is 7.05 Å². The maximum absolute atomic E-state index is 2.54. The number of rotatable bonds is 2. The third-order valence-electron chi connectivity index (χ3n) is 3.20. The van der Waals surface area contributed by atoms with E-state index in [4.69, 9.17) is 0 Å². The molecule has 1 aliphatic heterocycles. The number of hydrogen-bond acceptors (Lipinski definition) is 1. The van der Waals surface area contributed by atoms with Gasteiger partial charge in [-0.05, 0) is 12.8 Å². The second kappa shape index (κ2) is 4.13. The highest BCUT2D eigenvalue weighted by atomic mass is 15.3. The van der Waals surface area contributed by atoms with E-state index in [0.717, 1.165) is 6.67 Å². The Balaban J connectivity index is 1.99. The normalized spacial score (nSPS) is 18.7. The Morgan fingerprint density at radius 1 is 1.29 bits per heavy atom. The monoisotopic (exact) mass is 194 g/mol. The molecule has 0 unspecified atom stereocenters. The van der Waals surface area contributed by atoms with Crippen LogP contribution in [-0.4, -0.2) is 22.6 Å². The highest BCUT2D eigenvalue weighted by Gasteiger charge is 2.15. The maximum atomic E-state index is 2.54. The molecule has 0 saturated carbocycles. The standard InChI is InChI=1S/C11H20N3/c1-11-12(2)8-9-14(11)10-13-6-4-3-5-7-13/h8-9H,3-7,10H2,1-2H3/q+1. The van der Waals surface area contributed by atoms with Gasteiger partial charge in [-0.3, -0.25) is 4.90 Å². The van der Waals surface area contributed by atoms with E-state index in [0.29, 0.717) is 0 Å². The molecule has 0 amide bonds. The summed E-state index contributed by atoms with van der Waals surface area (Å²) < 4.78 is 4.50. The lowest BCUT2D eigenvalue weighted by Gasteiger charge is -2.24. The van der Waals surface area contributed by atoms with Crippen LogP contribution in [0.2, 0.25) is 0 Å². The third kappa shape index (κ3) is 1.98. The summed E-state index contributed by atoms with van der Waals surface area (Å²) in [5, 5.41) is 0. The summed E-state index contributed by atoms with van der Waals surface area (Å²) in [6, 6.07) is 0. The highest BCUT2D eigenvalue weighted by molar-refractivity contribution is 4.79. The van der Waals surface area contributed by atoms with E-state index in [2.05, 4.69) is 40.4 Å². The van der Waals surface area contributed by atoms with Crippen LogP contribution in [0, 0.1) is 6.92 Å². The van der Waals surface area contributed by atoms with Gasteiger partial charge in [-0.1, -0.05) is 6.42 Å². The molecule has 1 saturated heterocycles. The molecule has 0 spiro atoms. The SMILES string of the molecule is Cc1n(CN2CCCCC2)cc[n+]1C. The number of likely N-dealkylation sites (tertiary alicyclic amines) is 1. The molecule has 2 heterocycles. The minimum Gasteiger partial charge on any atom is -0.267 e. The van der Waals surface area contributed by atoms with Crippen LogP contribution < -0.4 is 4.57 Å². The van der Waals surface area contributed by atoms with Crippen molar-refractivity contribution in [1.29, 1.82) is 0 Å². The van der Waals surface area contributed by atoms with Gasteiger partial charge in [0.25, 0.3) is 5.82 Å². The van der Waals surface area contributed by atoms with Crippen molar-refractivity contribution >= 4 is 0 Å². The molecule has 1 aromatic rings. The smallest absolute Gasteiger partial charge is 0.254 e. The Morgan fingerprint density at radius 3 is 2.57 bits per heavy atom. The van der Waals surface area contributed by atoms with Crippen molar-refractivity contribution in [2.45, 2.75) is 32.9 Å². The number of imidazole rings is 1. The molecule has 0 atom stereocenters. The van der Waals surface area contributed by atoms with Crippen LogP contribution in [0.5, 0.6) is 0 Å². The summed E-state index contributed by atoms with van der Waals surface area (Å²) in [7, 11) is 2.10. The second-order valence-corrected chi connectivity index (χ2v) is 4.25. The van der Waals surface area contributed by atoms with Gasteiger partial charge in [0.15, 0.2) is 0 Å². The molecule has 0 aromatic carbocycles. The Hall–Kier alpha value is -0.830. The quantitative estimate of drug-likeness (QED) is 0.641. The molecule has 1 fully saturated rings. The first-order chi connectivity index (χ1) is 6.77. The van der Waals surface area contributed by atoms with Gasteiger partial charge in [0.2, 0.25) is 0 Å². The van der Waals surface area contributed by atoms with Crippen molar-refractivity contribution in [2.24, 2.45) is 7.05 Å². The summed E-state index contributed by atoms with van der Waals surface area (Å²) in [5.41, 5.74) is 0. The molecule has 3 nitrogen and oxygen atoms in total. The first-order valence-corrected chi connectivity index (χ1v) is 5.51. The van der Waals surface area contributed by atoms with E-state index >= 15 is 0 Å². The van der Waals surface area contributed by atoms with Crippen LogP contribution in [0.15, 0.2) is 12.4 Å². The van der Waals surface area contributed by atoms with Gasteiger partial charge in [-0.15, -0.1) is 0 Å². The number of aromatic nitrogens is 2. The largest absolute Gasteiger partial charge is 0.267 e. The lowest BCUT2D eigenvalue weighted by Crippen LogP contribution is -2.34. The predicted octanol–water partition coefficient (Wildman–Crippen LogP) is 1.06. The van der Waals surface area contributed by atoms with Crippen LogP contribution in [0.25, 0.3) is 0 Å². The molecular weight excluding hydrogens is 174 g/mol. The van der Waals surface area contributed by atoms with Crippen molar-refractivity contribution in [1.82, 2.24) is 9.47 Å². The van der Waals surface area contributed by atoms with E-state index in [1.807, 2.05) is 0 Å². The van der Waals surface area contributed by atoms with Crippen molar-refractivity contribution in [2.75, 3.05) is 13.1 Å². The molecule has 3 heteroatoms. The topological polar surface area (TPSA) is 12.1 Å². The molecule has 1 aromatic heterocycles. The fourth-order valence-electron chi connectivity index (χ4n) is 2.06. The van der Waals surface area contributed by atoms with E-state index in [-0.39, 0.29) is 0 Å². The molecule has 14 heavy (non-hydrogen) atoms. The van der Waals surface area contributed by atoms with Gasteiger partial charge >= 0.3 is 0 Å². The lowest BCUT2D eigenvalue weighted by atomic mass is 10.1. The molecule has 2 rings (SSSR count). The van der Waals surface area contributed by atoms with Crippen molar-refractivity contribution in [3.8, 4) is 0 Å². The van der Waals surface area contributed by atoms with Gasteiger partial charge < -0.3 is 0 Å². The van der Waals surface area contributed by atoms with Gasteiger partial charge in [0, 0.05) is 20.0 Å². The van der Waals surface area contributed by atoms with E-state index in [1.165, 1.54) is 38.2 Å². The van der Waals surface area contributed by atoms with E-state index in [9.17, 15) is 0 Å². The average molecular weight is 194 g/mol. The number of aryl methyl sites for hydroxylation is 1. The molecular formula is C11H20N3+. The fourth-order valence-corrected chi connectivity index (χ4v) is 2.06. The van der Waals surface area contributed by atoms with Crippen LogP contribution >= 0.6 is 0 Å². The first kappa shape index (κ1) is 9.71. The van der Waals surface area contributed by atoms with Crippen molar-refractivity contribution < 1.29 is 4.57 Å². The maximum Gasteiger partial charge on any atom is 0.254 e. The first-order valence-electron chi connectivity index (χ1n) is 5.51. The minimum atomic E-state index is 1.06. The Labute approximate surface area is 86.0 Å². The zero-order valence-corrected chi connectivity index (χ0v) is 9.24. The molecule has 0 bridgehead atoms. The zero-order valence-electron chi connectivity index (χ0n) is 9.24. The van der Waals surface area contributed by atoms with Crippen LogP contribution in [-0.2, 0) is 13.7 Å². The zero-order chi connectivity index (χ0) is 9.97. The van der Waals surface area contributed by atoms with E-state index < -0.39 is 0 Å². The van der Waals surface area contributed by atoms with Crippen LogP contribution in [0.1, 0.15) is 25.1 Å². The third-order valence-corrected chi connectivity index (χ3v) is 3.20. The summed E-state index contributed by atoms with van der Waals surface area (Å²) in [6.07, 6.45) is 8.44. The second-order valence-electron chi connectivity index (χ2n) is 4.25. The molecule has 0 aliphatic carbocycles. The van der Waals surface area contributed by atoms with Gasteiger partial charge in [0.1, 0.15) is 19.1 Å². The highest BCUT2D eigenvalue weighted by Crippen LogP contribution is 2.09. The molecule has 1 aliphatic rings. The number of nitrogens with zero attached hydrogens (tertiary/aromatic N) is 3. The fraction of sp³-hybridized carbons (Fsp3) is 0.727. The van der Waals surface area contributed by atoms with Gasteiger partial charge in [-0.2, -0.15) is 0 Å². The lowest BCUT2D eigenvalue weighted by molar-refractivity contribution is -0.677. The van der Waals surface area contributed by atoms with Crippen molar-refractivity contribution in [3.63, 3.8) is 0 Å². The van der Waals surface area contributed by atoms with E-state index in [1.54, 1.807) is 0 Å². The number of hydrogen-bond donors (Lipinski definition) is 0. The van der Waals surface area contributed by atoms with Crippen LogP contribution in [0.3, 0.4) is 0 Å². The Morgan fingerprint density at radius 2 is 2.00 bits per heavy atom. The Bertz CT molecular complexity index is 297. The molecule has 0 N–H and O–H groups in total. The van der Waals surface area contributed by atoms with Gasteiger partial charge in [-0.25, -0.2) is 9.13 Å². The predicted molar refractivity (Wildman–Crippen MR) is 55.8 cm³/mol. The number of piperidine rings is 1. The summed E-state index contributed by atoms with van der Waals surface area (Å²) in [6.45, 7) is 5.76.